The van der Waals surface area contributed by atoms with Gasteiger partial charge in [-0.15, -0.1) is 0 Å². The minimum atomic E-state index is -3.67. The van der Waals surface area contributed by atoms with Crippen LogP contribution < -0.4 is 10.5 Å². The second-order valence-corrected chi connectivity index (χ2v) is 11.8. The summed E-state index contributed by atoms with van der Waals surface area (Å²) in [4.78, 5) is 22.8. The third-order valence-electron chi connectivity index (χ3n) is 3.59. The number of ether oxygens (including phenoxy) is 1. The summed E-state index contributed by atoms with van der Waals surface area (Å²) in [6.07, 6.45) is -0.836. The topological polar surface area (TPSA) is 55.4 Å². The van der Waals surface area contributed by atoms with Crippen LogP contribution in [0.4, 0.5) is 8.78 Å². The van der Waals surface area contributed by atoms with Crippen molar-refractivity contribution in [1.29, 1.82) is 0 Å². The van der Waals surface area contributed by atoms with Crippen molar-refractivity contribution in [2.45, 2.75) is 51.9 Å². The highest BCUT2D eigenvalue weighted by Crippen LogP contribution is 2.29. The maximum Gasteiger partial charge on any atom is 0.377 e. The van der Waals surface area contributed by atoms with E-state index in [-0.39, 0.29) is 6.61 Å². The molecule has 0 heterocycles. The van der Waals surface area contributed by atoms with E-state index < -0.39 is 38.3 Å². The van der Waals surface area contributed by atoms with E-state index in [0.717, 1.165) is 0 Å². The molecule has 0 radical (unpaired) electrons. The average Bonchev–Trinajstić information content (AvgIpc) is 2.45. The Hall–Kier alpha value is -1.76. The van der Waals surface area contributed by atoms with E-state index in [1.165, 1.54) is 19.0 Å². The van der Waals surface area contributed by atoms with Gasteiger partial charge in [-0.2, -0.15) is 8.78 Å². The number of hydrogen-bond donors (Lipinski definition) is 1. The number of halogens is 2. The lowest BCUT2D eigenvalue weighted by Crippen LogP contribution is -2.39. The Morgan fingerprint density at radius 3 is 2.17 bits per heavy atom. The fourth-order valence-electron chi connectivity index (χ4n) is 2.29. The molecule has 0 aromatic heterocycles. The minimum absolute atomic E-state index is 0.121. The lowest BCUT2D eigenvalue weighted by molar-refractivity contribution is -0.173. The van der Waals surface area contributed by atoms with Gasteiger partial charge in [0.25, 0.3) is 0 Å². The number of carbonyl (C=O) groups excluding carboxylic acids is 2. The lowest BCUT2D eigenvalue weighted by Gasteiger charge is -2.24. The van der Waals surface area contributed by atoms with Crippen molar-refractivity contribution in [2.24, 2.45) is 0 Å². The minimum Gasteiger partial charge on any atom is -0.462 e. The van der Waals surface area contributed by atoms with E-state index in [9.17, 15) is 18.4 Å². The van der Waals surface area contributed by atoms with Gasteiger partial charge in [-0.1, -0.05) is 49.1 Å². The summed E-state index contributed by atoms with van der Waals surface area (Å²) in [5.41, 5.74) is 0.538. The van der Waals surface area contributed by atoms with E-state index >= 15 is 0 Å². The molecule has 0 aliphatic rings. The number of alkyl halides is 2. The first-order valence-electron chi connectivity index (χ1n) is 7.90. The van der Waals surface area contributed by atoms with Crippen molar-refractivity contribution < 1.29 is 23.1 Å². The predicted octanol–water partition coefficient (Wildman–Crippen LogP) is 3.00. The summed E-state index contributed by atoms with van der Waals surface area (Å²) in [5, 5.41) is 3.68. The van der Waals surface area contributed by atoms with Gasteiger partial charge in [0.2, 0.25) is 5.91 Å². The van der Waals surface area contributed by atoms with E-state index in [1.807, 2.05) is 12.1 Å². The number of esters is 1. The summed E-state index contributed by atoms with van der Waals surface area (Å²) >= 11 is 0. The Morgan fingerprint density at radius 1 is 1.21 bits per heavy atom. The maximum atomic E-state index is 14.0. The third-order valence-corrected chi connectivity index (χ3v) is 5.66. The van der Waals surface area contributed by atoms with Crippen LogP contribution >= 0.6 is 0 Å². The monoisotopic (exact) mass is 357 g/mol. The summed E-state index contributed by atoms with van der Waals surface area (Å²) in [7, 11) is -1.51. The first-order valence-corrected chi connectivity index (χ1v) is 11.4. The van der Waals surface area contributed by atoms with Gasteiger partial charge in [-0.25, -0.2) is 4.79 Å². The van der Waals surface area contributed by atoms with Crippen molar-refractivity contribution in [3.8, 4) is 0 Å². The molecule has 0 saturated heterocycles. The van der Waals surface area contributed by atoms with Crippen LogP contribution in [0, 0.1) is 0 Å². The molecule has 0 aliphatic heterocycles. The Labute approximate surface area is 142 Å². The molecule has 1 rings (SSSR count). The molecule has 0 fully saturated rings. The standard InChI is InChI=1S/C17H25F2NO3Si/c1-6-23-16(22)17(18,19)11-15(20-12(2)21)13-7-9-14(10-8-13)24(3,4)5/h7-10,15H,6,11H2,1-5H3,(H,20,21). The summed E-state index contributed by atoms with van der Waals surface area (Å²) in [5.74, 6) is -5.67. The second kappa shape index (κ2) is 7.87. The van der Waals surface area contributed by atoms with Crippen LogP contribution in [-0.2, 0) is 14.3 Å². The van der Waals surface area contributed by atoms with Gasteiger partial charge in [-0.3, -0.25) is 4.79 Å². The van der Waals surface area contributed by atoms with Crippen molar-refractivity contribution in [2.75, 3.05) is 6.61 Å². The normalized spacial score (nSPS) is 13.3. The molecule has 0 aliphatic carbocycles. The third kappa shape index (κ3) is 5.70. The lowest BCUT2D eigenvalue weighted by atomic mass is 10.00. The summed E-state index contributed by atoms with van der Waals surface area (Å²) < 4.78 is 32.5. The number of nitrogens with one attached hydrogen (secondary N) is 1. The zero-order valence-corrected chi connectivity index (χ0v) is 15.8. The highest BCUT2D eigenvalue weighted by Gasteiger charge is 2.43. The molecule has 7 heteroatoms. The maximum absolute atomic E-state index is 14.0. The molecule has 1 amide bonds. The van der Waals surface area contributed by atoms with Crippen LogP contribution in [0.25, 0.3) is 0 Å². The zero-order valence-electron chi connectivity index (χ0n) is 14.8. The van der Waals surface area contributed by atoms with Gasteiger partial charge in [0.15, 0.2) is 0 Å². The zero-order chi connectivity index (χ0) is 18.5. The van der Waals surface area contributed by atoms with E-state index in [0.29, 0.717) is 5.56 Å². The first-order chi connectivity index (χ1) is 11.0. The molecule has 1 atom stereocenters. The fourth-order valence-corrected chi connectivity index (χ4v) is 3.46. The van der Waals surface area contributed by atoms with Gasteiger partial charge < -0.3 is 10.1 Å². The van der Waals surface area contributed by atoms with Crippen LogP contribution in [0.3, 0.4) is 0 Å². The average molecular weight is 357 g/mol. The van der Waals surface area contributed by atoms with Gasteiger partial charge in [0.1, 0.15) is 0 Å². The van der Waals surface area contributed by atoms with Gasteiger partial charge in [0, 0.05) is 13.3 Å². The van der Waals surface area contributed by atoms with Crippen molar-refractivity contribution in [3.05, 3.63) is 29.8 Å². The molecule has 1 aromatic carbocycles. The van der Waals surface area contributed by atoms with Gasteiger partial charge >= 0.3 is 11.9 Å². The Kier molecular flexibility index (Phi) is 6.65. The van der Waals surface area contributed by atoms with Crippen molar-refractivity contribution in [3.63, 3.8) is 0 Å². The number of amides is 1. The molecular formula is C17H25F2NO3Si. The molecule has 24 heavy (non-hydrogen) atoms. The van der Waals surface area contributed by atoms with Crippen LogP contribution in [0.1, 0.15) is 31.9 Å². The number of benzene rings is 1. The van der Waals surface area contributed by atoms with Crippen molar-refractivity contribution in [1.82, 2.24) is 5.32 Å². The van der Waals surface area contributed by atoms with E-state index in [4.69, 9.17) is 0 Å². The number of rotatable bonds is 7. The molecule has 0 bridgehead atoms. The molecule has 1 aromatic rings. The quantitative estimate of drug-likeness (QED) is 0.603. The number of carbonyl (C=O) groups is 2. The molecule has 4 nitrogen and oxygen atoms in total. The van der Waals surface area contributed by atoms with Crippen LogP contribution in [0.5, 0.6) is 0 Å². The van der Waals surface area contributed by atoms with Crippen molar-refractivity contribution >= 4 is 25.1 Å². The largest absolute Gasteiger partial charge is 0.462 e. The highest BCUT2D eigenvalue weighted by molar-refractivity contribution is 6.88. The molecule has 1 unspecified atom stereocenters. The fraction of sp³-hybridized carbons (Fsp3) is 0.529. The Morgan fingerprint density at radius 2 is 1.75 bits per heavy atom. The van der Waals surface area contributed by atoms with E-state index in [1.54, 1.807) is 12.1 Å². The smallest absolute Gasteiger partial charge is 0.377 e. The SMILES string of the molecule is CCOC(=O)C(F)(F)CC(NC(C)=O)c1ccc([Si](C)(C)C)cc1. The molecule has 0 spiro atoms. The molecular weight excluding hydrogens is 332 g/mol. The summed E-state index contributed by atoms with van der Waals surface area (Å²) in [6.45, 7) is 9.15. The Bertz CT molecular complexity index is 582. The number of hydrogen-bond acceptors (Lipinski definition) is 3. The second-order valence-electron chi connectivity index (χ2n) is 6.75. The van der Waals surface area contributed by atoms with Gasteiger partial charge in [0.05, 0.1) is 20.7 Å². The summed E-state index contributed by atoms with van der Waals surface area (Å²) in [6, 6.07) is 6.31. The van der Waals surface area contributed by atoms with Crippen LogP contribution in [0.15, 0.2) is 24.3 Å². The molecule has 0 saturated carbocycles. The predicted molar refractivity (Wildman–Crippen MR) is 92.2 cm³/mol. The van der Waals surface area contributed by atoms with Gasteiger partial charge in [-0.05, 0) is 12.5 Å². The van der Waals surface area contributed by atoms with E-state index in [2.05, 4.69) is 29.7 Å². The Balaban J connectivity index is 3.05. The first kappa shape index (κ1) is 20.3. The molecule has 134 valence electrons. The highest BCUT2D eigenvalue weighted by atomic mass is 28.3. The van der Waals surface area contributed by atoms with Crippen LogP contribution in [0.2, 0.25) is 19.6 Å². The molecule has 1 N–H and O–H groups in total. The van der Waals surface area contributed by atoms with Crippen LogP contribution in [-0.4, -0.2) is 32.5 Å².